The van der Waals surface area contributed by atoms with Crippen LogP contribution in [0.25, 0.3) is 0 Å². The van der Waals surface area contributed by atoms with E-state index < -0.39 is 10.8 Å². The molecule has 0 aliphatic heterocycles. The van der Waals surface area contributed by atoms with Gasteiger partial charge in [0.05, 0.1) is 6.10 Å². The van der Waals surface area contributed by atoms with Crippen molar-refractivity contribution in [1.29, 1.82) is 0 Å². The van der Waals surface area contributed by atoms with Gasteiger partial charge < -0.3 is 15.4 Å². The lowest BCUT2D eigenvalue weighted by molar-refractivity contribution is 0.119. The number of anilines is 1. The molecular weight excluding hydrogens is 324 g/mol. The van der Waals surface area contributed by atoms with Crippen LogP contribution in [0.1, 0.15) is 24.2 Å². The second-order valence-electron chi connectivity index (χ2n) is 5.41. The van der Waals surface area contributed by atoms with Crippen LogP contribution >= 0.6 is 0 Å². The third-order valence-electron chi connectivity index (χ3n) is 3.68. The monoisotopic (exact) mass is 346 g/mol. The van der Waals surface area contributed by atoms with E-state index in [1.807, 2.05) is 43.3 Å². The van der Waals surface area contributed by atoms with Crippen molar-refractivity contribution in [1.82, 2.24) is 5.32 Å². The van der Waals surface area contributed by atoms with Gasteiger partial charge in [-0.2, -0.15) is 0 Å². The number of benzene rings is 2. The number of carbonyl (C=O) groups excluding carboxylic acids is 1. The number of hydrogen-bond acceptors (Lipinski definition) is 3. The molecule has 2 N–H and O–H groups in total. The van der Waals surface area contributed by atoms with Crippen LogP contribution in [-0.2, 0) is 22.1 Å². The molecule has 0 radical (unpaired) electrons. The van der Waals surface area contributed by atoms with Gasteiger partial charge in [0.2, 0.25) is 0 Å². The molecule has 0 fully saturated rings. The number of urea groups is 1. The molecule has 2 rings (SSSR count). The van der Waals surface area contributed by atoms with Crippen LogP contribution in [0.5, 0.6) is 0 Å². The Morgan fingerprint density at radius 3 is 2.54 bits per heavy atom. The second-order valence-corrected chi connectivity index (χ2v) is 6.79. The zero-order valence-corrected chi connectivity index (χ0v) is 14.9. The summed E-state index contributed by atoms with van der Waals surface area (Å²) in [4.78, 5) is 12.8. The van der Waals surface area contributed by atoms with Gasteiger partial charge in [-0.15, -0.1) is 0 Å². The smallest absolute Gasteiger partial charge is 0.319 e. The summed E-state index contributed by atoms with van der Waals surface area (Å²) in [7, 11) is 0.656. The van der Waals surface area contributed by atoms with Gasteiger partial charge in [0.15, 0.2) is 0 Å². The number of rotatable bonds is 6. The molecular formula is C18H22N2O3S. The summed E-state index contributed by atoms with van der Waals surface area (Å²) in [6.07, 6.45) is 1.61. The Balaban J connectivity index is 1.90. The van der Waals surface area contributed by atoms with Crippen molar-refractivity contribution in [3.05, 3.63) is 59.7 Å². The van der Waals surface area contributed by atoms with Crippen LogP contribution in [0, 0.1) is 0 Å². The number of nitrogens with one attached hydrogen (secondary N) is 2. The van der Waals surface area contributed by atoms with Crippen molar-refractivity contribution in [3.63, 3.8) is 0 Å². The van der Waals surface area contributed by atoms with Crippen LogP contribution in [0.15, 0.2) is 53.4 Å². The highest BCUT2D eigenvalue weighted by Crippen LogP contribution is 2.19. The normalized spacial score (nSPS) is 13.1. The molecule has 5 nitrogen and oxygen atoms in total. The molecule has 6 heteroatoms. The molecule has 2 aromatic rings. The van der Waals surface area contributed by atoms with E-state index in [0.717, 1.165) is 16.0 Å². The minimum Gasteiger partial charge on any atom is -0.377 e. The number of ether oxygens (including phenoxy) is 1. The topological polar surface area (TPSA) is 67.4 Å². The first-order valence-electron chi connectivity index (χ1n) is 7.59. The van der Waals surface area contributed by atoms with E-state index in [2.05, 4.69) is 10.6 Å². The molecule has 0 aromatic heterocycles. The van der Waals surface area contributed by atoms with Crippen LogP contribution in [0.2, 0.25) is 0 Å². The quantitative estimate of drug-likeness (QED) is 0.842. The molecule has 0 spiro atoms. The molecule has 2 atom stereocenters. The van der Waals surface area contributed by atoms with Crippen molar-refractivity contribution in [3.8, 4) is 0 Å². The van der Waals surface area contributed by atoms with Crippen molar-refractivity contribution >= 4 is 22.5 Å². The fraction of sp³-hybridized carbons (Fsp3) is 0.278. The number of methoxy groups -OCH3 is 1. The SMILES string of the molecule is CO[C@H](C)c1cccc(NC(=O)NCc2ccc([S@](C)=O)cc2)c1. The number of amides is 2. The van der Waals surface area contributed by atoms with Gasteiger partial charge in [-0.3, -0.25) is 4.21 Å². The maximum atomic E-state index is 12.0. The maximum absolute atomic E-state index is 12.0. The molecule has 0 heterocycles. The second kappa shape index (κ2) is 8.61. The van der Waals surface area contributed by atoms with Gasteiger partial charge in [-0.25, -0.2) is 4.79 Å². The molecule has 128 valence electrons. The van der Waals surface area contributed by atoms with Crippen molar-refractivity contribution in [2.75, 3.05) is 18.7 Å². The Morgan fingerprint density at radius 1 is 1.21 bits per heavy atom. The average Bonchev–Trinajstić information content (AvgIpc) is 2.59. The van der Waals surface area contributed by atoms with Gasteiger partial charge in [-0.05, 0) is 42.3 Å². The summed E-state index contributed by atoms with van der Waals surface area (Å²) in [5.74, 6) is 0. The molecule has 0 aliphatic rings. The van der Waals surface area contributed by atoms with Crippen molar-refractivity contribution < 1.29 is 13.7 Å². The van der Waals surface area contributed by atoms with E-state index in [9.17, 15) is 9.00 Å². The molecule has 0 unspecified atom stereocenters. The van der Waals surface area contributed by atoms with Gasteiger partial charge in [0.25, 0.3) is 0 Å². The fourth-order valence-corrected chi connectivity index (χ4v) is 2.68. The molecule has 2 amide bonds. The predicted molar refractivity (Wildman–Crippen MR) is 96.5 cm³/mol. The Bertz CT molecular complexity index is 716. The molecule has 0 bridgehead atoms. The summed E-state index contributed by atoms with van der Waals surface area (Å²) in [6.45, 7) is 2.35. The van der Waals surface area contributed by atoms with Gasteiger partial charge in [0.1, 0.15) is 0 Å². The minimum absolute atomic E-state index is 0.0301. The highest BCUT2D eigenvalue weighted by molar-refractivity contribution is 7.84. The standard InChI is InChI=1S/C18H22N2O3S/c1-13(23-2)15-5-4-6-16(11-15)20-18(21)19-12-14-7-9-17(10-8-14)24(3)22/h4-11,13H,12H2,1-3H3,(H2,19,20,21)/t13-,24+/m1/s1. The van der Waals surface area contributed by atoms with Gasteiger partial charge >= 0.3 is 6.03 Å². The molecule has 2 aromatic carbocycles. The Labute approximate surface area is 144 Å². The zero-order chi connectivity index (χ0) is 17.5. The first-order valence-corrected chi connectivity index (χ1v) is 9.15. The van der Waals surface area contributed by atoms with Crippen molar-refractivity contribution in [2.24, 2.45) is 0 Å². The molecule has 0 saturated carbocycles. The Hall–Kier alpha value is -2.18. The average molecular weight is 346 g/mol. The lowest BCUT2D eigenvalue weighted by atomic mass is 10.1. The van der Waals surface area contributed by atoms with E-state index in [4.69, 9.17) is 4.74 Å². The van der Waals surface area contributed by atoms with E-state index in [-0.39, 0.29) is 12.1 Å². The molecule has 24 heavy (non-hydrogen) atoms. The lowest BCUT2D eigenvalue weighted by Gasteiger charge is -2.12. The van der Waals surface area contributed by atoms with Crippen LogP contribution in [0.4, 0.5) is 10.5 Å². The summed E-state index contributed by atoms with van der Waals surface area (Å²) < 4.78 is 16.6. The van der Waals surface area contributed by atoms with E-state index in [1.165, 1.54) is 0 Å². The highest BCUT2D eigenvalue weighted by atomic mass is 32.2. The van der Waals surface area contributed by atoms with E-state index in [0.29, 0.717) is 12.2 Å². The first kappa shape index (κ1) is 18.2. The lowest BCUT2D eigenvalue weighted by Crippen LogP contribution is -2.28. The molecule has 0 aliphatic carbocycles. The first-order chi connectivity index (χ1) is 11.5. The number of hydrogen-bond donors (Lipinski definition) is 2. The van der Waals surface area contributed by atoms with E-state index in [1.54, 1.807) is 25.5 Å². The predicted octanol–water partition coefficient (Wildman–Crippen LogP) is 3.45. The summed E-state index contributed by atoms with van der Waals surface area (Å²) in [6, 6.07) is 14.6. The minimum atomic E-state index is -0.994. The van der Waals surface area contributed by atoms with E-state index >= 15 is 0 Å². The summed E-state index contributed by atoms with van der Waals surface area (Å²) >= 11 is 0. The zero-order valence-electron chi connectivity index (χ0n) is 14.0. The van der Waals surface area contributed by atoms with Gasteiger partial charge in [0, 0.05) is 41.3 Å². The summed E-state index contributed by atoms with van der Waals surface area (Å²) in [5.41, 5.74) is 2.66. The Kier molecular flexibility index (Phi) is 6.52. The highest BCUT2D eigenvalue weighted by Gasteiger charge is 2.06. The molecule has 0 saturated heterocycles. The third kappa shape index (κ3) is 5.18. The third-order valence-corrected chi connectivity index (χ3v) is 4.61. The van der Waals surface area contributed by atoms with Crippen molar-refractivity contribution in [2.45, 2.75) is 24.5 Å². The maximum Gasteiger partial charge on any atom is 0.319 e. The van der Waals surface area contributed by atoms with Crippen LogP contribution in [0.3, 0.4) is 0 Å². The fourth-order valence-electron chi connectivity index (χ4n) is 2.16. The van der Waals surface area contributed by atoms with Crippen LogP contribution in [-0.4, -0.2) is 23.6 Å². The Morgan fingerprint density at radius 2 is 1.92 bits per heavy atom. The number of carbonyl (C=O) groups is 1. The van der Waals surface area contributed by atoms with Crippen LogP contribution < -0.4 is 10.6 Å². The van der Waals surface area contributed by atoms with Gasteiger partial charge in [-0.1, -0.05) is 24.3 Å². The largest absolute Gasteiger partial charge is 0.377 e. The summed E-state index contributed by atoms with van der Waals surface area (Å²) in [5, 5.41) is 5.61.